The SMILES string of the molecule is Cc1cccc(C(=O)N2CCC3(CC2)OCC(C(=O)NCc2ccco2)N3C(=O)c2cccc(C)c2)c1. The summed E-state index contributed by atoms with van der Waals surface area (Å²) in [7, 11) is 0. The third-order valence-corrected chi connectivity index (χ3v) is 7.16. The average Bonchev–Trinajstić information content (AvgIpc) is 3.55. The number of hydrogen-bond acceptors (Lipinski definition) is 5. The van der Waals surface area contributed by atoms with E-state index in [1.54, 1.807) is 34.3 Å². The maximum Gasteiger partial charge on any atom is 0.256 e. The molecule has 0 saturated carbocycles. The highest BCUT2D eigenvalue weighted by Crippen LogP contribution is 2.39. The molecule has 1 spiro atoms. The van der Waals surface area contributed by atoms with Crippen molar-refractivity contribution < 1.29 is 23.5 Å². The third-order valence-electron chi connectivity index (χ3n) is 7.16. The summed E-state index contributed by atoms with van der Waals surface area (Å²) in [5.74, 6) is 0.0349. The highest BCUT2D eigenvalue weighted by Gasteiger charge is 2.54. The van der Waals surface area contributed by atoms with Crippen LogP contribution in [0.25, 0.3) is 0 Å². The van der Waals surface area contributed by atoms with E-state index in [4.69, 9.17) is 9.15 Å². The van der Waals surface area contributed by atoms with Gasteiger partial charge in [0.25, 0.3) is 11.8 Å². The van der Waals surface area contributed by atoms with E-state index in [2.05, 4.69) is 5.32 Å². The quantitative estimate of drug-likeness (QED) is 0.576. The van der Waals surface area contributed by atoms with Gasteiger partial charge in [-0.2, -0.15) is 0 Å². The second-order valence-corrected chi connectivity index (χ2v) is 9.78. The Hall–Kier alpha value is -3.91. The molecule has 1 unspecified atom stereocenters. The average molecular weight is 502 g/mol. The zero-order chi connectivity index (χ0) is 26.0. The van der Waals surface area contributed by atoms with Crippen molar-refractivity contribution in [3.8, 4) is 0 Å². The summed E-state index contributed by atoms with van der Waals surface area (Å²) in [5, 5.41) is 2.88. The summed E-state index contributed by atoms with van der Waals surface area (Å²) in [4.78, 5) is 43.7. The minimum absolute atomic E-state index is 0.0409. The number of nitrogens with one attached hydrogen (secondary N) is 1. The van der Waals surface area contributed by atoms with Gasteiger partial charge in [0.1, 0.15) is 17.5 Å². The van der Waals surface area contributed by atoms with Gasteiger partial charge in [-0.3, -0.25) is 19.3 Å². The number of rotatable bonds is 5. The molecule has 8 heteroatoms. The molecule has 37 heavy (non-hydrogen) atoms. The molecule has 1 aromatic heterocycles. The van der Waals surface area contributed by atoms with Gasteiger partial charge < -0.3 is 19.4 Å². The molecule has 2 aliphatic rings. The van der Waals surface area contributed by atoms with Gasteiger partial charge in [-0.05, 0) is 50.2 Å². The smallest absolute Gasteiger partial charge is 0.256 e. The number of likely N-dealkylation sites (tertiary alicyclic amines) is 1. The normalized spacial score (nSPS) is 18.7. The number of amides is 3. The first kappa shape index (κ1) is 24.8. The molecule has 2 aliphatic heterocycles. The van der Waals surface area contributed by atoms with Gasteiger partial charge in [0.15, 0.2) is 0 Å². The molecule has 1 N–H and O–H groups in total. The van der Waals surface area contributed by atoms with Crippen LogP contribution >= 0.6 is 0 Å². The van der Waals surface area contributed by atoms with Crippen LogP contribution in [-0.4, -0.2) is 59.0 Å². The van der Waals surface area contributed by atoms with E-state index in [0.29, 0.717) is 42.8 Å². The number of carbonyl (C=O) groups is 3. The fraction of sp³-hybridized carbons (Fsp3) is 0.345. The molecule has 3 heterocycles. The first-order chi connectivity index (χ1) is 17.9. The van der Waals surface area contributed by atoms with E-state index in [0.717, 1.165) is 11.1 Å². The van der Waals surface area contributed by atoms with E-state index in [1.807, 2.05) is 56.3 Å². The number of furan rings is 1. The maximum absolute atomic E-state index is 13.9. The molecule has 8 nitrogen and oxygen atoms in total. The molecule has 0 aliphatic carbocycles. The lowest BCUT2D eigenvalue weighted by Gasteiger charge is -2.44. The van der Waals surface area contributed by atoms with Crippen LogP contribution in [0.1, 0.15) is 50.4 Å². The fourth-order valence-corrected chi connectivity index (χ4v) is 5.21. The lowest BCUT2D eigenvalue weighted by molar-refractivity contribution is -0.128. The molecule has 2 saturated heterocycles. The van der Waals surface area contributed by atoms with Crippen molar-refractivity contribution in [1.82, 2.24) is 15.1 Å². The maximum atomic E-state index is 13.9. The summed E-state index contributed by atoms with van der Waals surface area (Å²) >= 11 is 0. The van der Waals surface area contributed by atoms with Gasteiger partial charge in [0, 0.05) is 37.1 Å². The lowest BCUT2D eigenvalue weighted by atomic mass is 9.95. The zero-order valence-electron chi connectivity index (χ0n) is 21.1. The van der Waals surface area contributed by atoms with Crippen LogP contribution in [0, 0.1) is 13.8 Å². The number of ether oxygens (including phenoxy) is 1. The monoisotopic (exact) mass is 501 g/mol. The molecule has 0 bridgehead atoms. The minimum Gasteiger partial charge on any atom is -0.467 e. The number of benzene rings is 2. The molecule has 0 radical (unpaired) electrons. The van der Waals surface area contributed by atoms with Crippen molar-refractivity contribution in [1.29, 1.82) is 0 Å². The Balaban J connectivity index is 1.37. The fourth-order valence-electron chi connectivity index (χ4n) is 5.21. The van der Waals surface area contributed by atoms with Crippen LogP contribution in [0.5, 0.6) is 0 Å². The summed E-state index contributed by atoms with van der Waals surface area (Å²) in [6.07, 6.45) is 2.39. The predicted octanol–water partition coefficient (Wildman–Crippen LogP) is 3.69. The minimum atomic E-state index is -0.961. The van der Waals surface area contributed by atoms with E-state index < -0.39 is 11.8 Å². The number of piperidine rings is 1. The Morgan fingerprint density at radius 2 is 1.57 bits per heavy atom. The summed E-state index contributed by atoms with van der Waals surface area (Å²) in [6, 6.07) is 17.6. The summed E-state index contributed by atoms with van der Waals surface area (Å²) in [6.45, 7) is 5.04. The second kappa shape index (κ2) is 10.2. The Morgan fingerprint density at radius 1 is 0.919 bits per heavy atom. The molecule has 5 rings (SSSR count). The number of aryl methyl sites for hydroxylation is 2. The lowest BCUT2D eigenvalue weighted by Crippen LogP contribution is -2.59. The van der Waals surface area contributed by atoms with Crippen LogP contribution in [-0.2, 0) is 16.1 Å². The van der Waals surface area contributed by atoms with Crippen molar-refractivity contribution in [2.24, 2.45) is 0 Å². The molecule has 3 amide bonds. The van der Waals surface area contributed by atoms with Crippen molar-refractivity contribution in [3.63, 3.8) is 0 Å². The summed E-state index contributed by atoms with van der Waals surface area (Å²) < 4.78 is 11.6. The topological polar surface area (TPSA) is 92.1 Å². The number of nitrogens with zero attached hydrogens (tertiary/aromatic N) is 2. The van der Waals surface area contributed by atoms with Crippen molar-refractivity contribution in [2.45, 2.75) is 45.0 Å². The van der Waals surface area contributed by atoms with Crippen molar-refractivity contribution in [2.75, 3.05) is 19.7 Å². The van der Waals surface area contributed by atoms with Crippen LogP contribution in [0.3, 0.4) is 0 Å². The first-order valence-electron chi connectivity index (χ1n) is 12.6. The molecule has 1 atom stereocenters. The number of hydrogen-bond donors (Lipinski definition) is 1. The number of carbonyl (C=O) groups excluding carboxylic acids is 3. The predicted molar refractivity (Wildman–Crippen MR) is 137 cm³/mol. The molecule has 2 aromatic carbocycles. The largest absolute Gasteiger partial charge is 0.467 e. The van der Waals surface area contributed by atoms with Gasteiger partial charge >= 0.3 is 0 Å². The van der Waals surface area contributed by atoms with E-state index in [9.17, 15) is 14.4 Å². The Bertz CT molecular complexity index is 1290. The highest BCUT2D eigenvalue weighted by atomic mass is 16.5. The molecular formula is C29H31N3O5. The van der Waals surface area contributed by atoms with Gasteiger partial charge in [-0.15, -0.1) is 0 Å². The molecular weight excluding hydrogens is 470 g/mol. The van der Waals surface area contributed by atoms with E-state index in [-0.39, 0.29) is 30.9 Å². The third kappa shape index (κ3) is 5.02. The zero-order valence-corrected chi connectivity index (χ0v) is 21.1. The Labute approximate surface area is 216 Å². The van der Waals surface area contributed by atoms with Crippen molar-refractivity contribution >= 4 is 17.7 Å². The second-order valence-electron chi connectivity index (χ2n) is 9.78. The van der Waals surface area contributed by atoms with E-state index >= 15 is 0 Å². The van der Waals surface area contributed by atoms with Crippen LogP contribution in [0.2, 0.25) is 0 Å². The van der Waals surface area contributed by atoms with Gasteiger partial charge in [0.05, 0.1) is 19.4 Å². The first-order valence-corrected chi connectivity index (χ1v) is 12.6. The molecule has 192 valence electrons. The van der Waals surface area contributed by atoms with Gasteiger partial charge in [-0.25, -0.2) is 0 Å². The highest BCUT2D eigenvalue weighted by molar-refractivity contribution is 5.99. The standard InChI is InChI=1S/C29H31N3O5/c1-20-6-3-8-22(16-20)27(34)31-13-11-29(12-14-31)32(28(35)23-9-4-7-21(2)17-23)25(19-37-29)26(33)30-18-24-10-5-15-36-24/h3-10,15-17,25H,11-14,18-19H2,1-2H3,(H,30,33). The Kier molecular flexibility index (Phi) is 6.84. The van der Waals surface area contributed by atoms with Gasteiger partial charge in [-0.1, -0.05) is 35.4 Å². The molecule has 2 fully saturated rings. The van der Waals surface area contributed by atoms with Crippen LogP contribution in [0.4, 0.5) is 0 Å². The summed E-state index contributed by atoms with van der Waals surface area (Å²) in [5.41, 5.74) is 2.17. The Morgan fingerprint density at radius 3 is 2.16 bits per heavy atom. The van der Waals surface area contributed by atoms with Crippen molar-refractivity contribution in [3.05, 3.63) is 94.9 Å². The molecule has 3 aromatic rings. The van der Waals surface area contributed by atoms with E-state index in [1.165, 1.54) is 0 Å². The van der Waals surface area contributed by atoms with Gasteiger partial charge in [0.2, 0.25) is 5.91 Å². The van der Waals surface area contributed by atoms with Crippen LogP contribution in [0.15, 0.2) is 71.3 Å². The van der Waals surface area contributed by atoms with Crippen LogP contribution < -0.4 is 5.32 Å².